The van der Waals surface area contributed by atoms with Gasteiger partial charge in [-0.2, -0.15) is 0 Å². The zero-order valence-electron chi connectivity index (χ0n) is 11.2. The highest BCUT2D eigenvalue weighted by Crippen LogP contribution is 2.23. The SMILES string of the molecule is CCN(CC(=O)O)C(=O)c1cc2ccccc2cc1N. The Labute approximate surface area is 116 Å². The molecular weight excluding hydrogens is 256 g/mol. The number of carboxylic acid groups (broad SMARTS) is 1. The fourth-order valence-corrected chi connectivity index (χ4v) is 2.10. The highest BCUT2D eigenvalue weighted by Gasteiger charge is 2.19. The quantitative estimate of drug-likeness (QED) is 0.833. The number of carbonyl (C=O) groups is 2. The number of likely N-dealkylation sites (N-methyl/N-ethyl adjacent to an activating group) is 1. The van der Waals surface area contributed by atoms with Gasteiger partial charge in [-0.3, -0.25) is 9.59 Å². The number of nitrogen functional groups attached to an aromatic ring is 1. The van der Waals surface area contributed by atoms with E-state index >= 15 is 0 Å². The summed E-state index contributed by atoms with van der Waals surface area (Å²) in [6.45, 7) is 1.72. The molecule has 0 saturated carbocycles. The van der Waals surface area contributed by atoms with Gasteiger partial charge in [0.15, 0.2) is 0 Å². The van der Waals surface area contributed by atoms with Crippen molar-refractivity contribution in [3.8, 4) is 0 Å². The Balaban J connectivity index is 2.43. The van der Waals surface area contributed by atoms with E-state index in [-0.39, 0.29) is 12.5 Å². The van der Waals surface area contributed by atoms with Crippen LogP contribution in [0.4, 0.5) is 5.69 Å². The number of aliphatic carboxylic acids is 1. The third-order valence-corrected chi connectivity index (χ3v) is 3.14. The molecule has 0 aliphatic carbocycles. The van der Waals surface area contributed by atoms with E-state index in [9.17, 15) is 9.59 Å². The smallest absolute Gasteiger partial charge is 0.323 e. The summed E-state index contributed by atoms with van der Waals surface area (Å²) in [4.78, 5) is 24.4. The summed E-state index contributed by atoms with van der Waals surface area (Å²) in [6.07, 6.45) is 0. The molecule has 2 rings (SSSR count). The number of carbonyl (C=O) groups excluding carboxylic acids is 1. The van der Waals surface area contributed by atoms with E-state index in [2.05, 4.69) is 0 Å². The van der Waals surface area contributed by atoms with Gasteiger partial charge in [-0.15, -0.1) is 0 Å². The van der Waals surface area contributed by atoms with E-state index in [4.69, 9.17) is 10.8 Å². The number of nitrogens with zero attached hydrogens (tertiary/aromatic N) is 1. The maximum atomic E-state index is 12.4. The van der Waals surface area contributed by atoms with Crippen molar-refractivity contribution in [1.29, 1.82) is 0 Å². The van der Waals surface area contributed by atoms with E-state index in [1.165, 1.54) is 4.90 Å². The summed E-state index contributed by atoms with van der Waals surface area (Å²) in [5.41, 5.74) is 6.61. The lowest BCUT2D eigenvalue weighted by atomic mass is 10.0. The maximum Gasteiger partial charge on any atom is 0.323 e. The average Bonchev–Trinajstić information content (AvgIpc) is 2.43. The third-order valence-electron chi connectivity index (χ3n) is 3.14. The van der Waals surface area contributed by atoms with Crippen LogP contribution in [0.5, 0.6) is 0 Å². The monoisotopic (exact) mass is 272 g/mol. The Morgan fingerprint density at radius 1 is 1.20 bits per heavy atom. The molecule has 0 bridgehead atoms. The van der Waals surface area contributed by atoms with Crippen molar-refractivity contribution < 1.29 is 14.7 Å². The van der Waals surface area contributed by atoms with Gasteiger partial charge < -0.3 is 15.7 Å². The topological polar surface area (TPSA) is 83.6 Å². The van der Waals surface area contributed by atoms with Gasteiger partial charge in [-0.1, -0.05) is 24.3 Å². The van der Waals surface area contributed by atoms with Gasteiger partial charge in [0.2, 0.25) is 0 Å². The molecule has 0 heterocycles. The number of fused-ring (bicyclic) bond motifs is 1. The highest BCUT2D eigenvalue weighted by atomic mass is 16.4. The van der Waals surface area contributed by atoms with E-state index in [1.54, 1.807) is 19.1 Å². The zero-order chi connectivity index (χ0) is 14.7. The lowest BCUT2D eigenvalue weighted by Crippen LogP contribution is -2.35. The molecule has 0 radical (unpaired) electrons. The number of rotatable bonds is 4. The second-order valence-electron chi connectivity index (χ2n) is 4.50. The Hall–Kier alpha value is -2.56. The normalized spacial score (nSPS) is 10.4. The van der Waals surface area contributed by atoms with Crippen molar-refractivity contribution in [1.82, 2.24) is 4.90 Å². The van der Waals surface area contributed by atoms with Gasteiger partial charge in [0.25, 0.3) is 5.91 Å². The number of amides is 1. The second-order valence-corrected chi connectivity index (χ2v) is 4.50. The van der Waals surface area contributed by atoms with Crippen LogP contribution in [0.2, 0.25) is 0 Å². The fourth-order valence-electron chi connectivity index (χ4n) is 2.10. The summed E-state index contributed by atoms with van der Waals surface area (Å²) < 4.78 is 0. The molecule has 104 valence electrons. The molecule has 3 N–H and O–H groups in total. The van der Waals surface area contributed by atoms with E-state index < -0.39 is 5.97 Å². The standard InChI is InChI=1S/C15H16N2O3/c1-2-17(9-14(18)19)15(20)12-7-10-5-3-4-6-11(10)8-13(12)16/h3-8H,2,9,16H2,1H3,(H,18,19). The number of hydrogen-bond donors (Lipinski definition) is 2. The Morgan fingerprint density at radius 3 is 2.35 bits per heavy atom. The molecule has 0 atom stereocenters. The molecule has 2 aromatic carbocycles. The van der Waals surface area contributed by atoms with Crippen LogP contribution >= 0.6 is 0 Å². The second kappa shape index (κ2) is 5.61. The number of hydrogen-bond acceptors (Lipinski definition) is 3. The van der Waals surface area contributed by atoms with Crippen molar-refractivity contribution in [2.45, 2.75) is 6.92 Å². The van der Waals surface area contributed by atoms with Crippen molar-refractivity contribution in [2.24, 2.45) is 0 Å². The summed E-state index contributed by atoms with van der Waals surface area (Å²) >= 11 is 0. The lowest BCUT2D eigenvalue weighted by molar-refractivity contribution is -0.137. The van der Waals surface area contributed by atoms with Crippen LogP contribution < -0.4 is 5.73 Å². The van der Waals surface area contributed by atoms with Crippen molar-refractivity contribution in [3.63, 3.8) is 0 Å². The van der Waals surface area contributed by atoms with Gasteiger partial charge in [0.1, 0.15) is 6.54 Å². The first-order valence-corrected chi connectivity index (χ1v) is 6.32. The van der Waals surface area contributed by atoms with Crippen LogP contribution in [0, 0.1) is 0 Å². The first-order valence-electron chi connectivity index (χ1n) is 6.32. The predicted molar refractivity (Wildman–Crippen MR) is 77.6 cm³/mol. The zero-order valence-corrected chi connectivity index (χ0v) is 11.2. The molecule has 20 heavy (non-hydrogen) atoms. The lowest BCUT2D eigenvalue weighted by Gasteiger charge is -2.19. The van der Waals surface area contributed by atoms with E-state index in [1.807, 2.05) is 24.3 Å². The molecule has 5 heteroatoms. The van der Waals surface area contributed by atoms with Crippen LogP contribution in [0.25, 0.3) is 10.8 Å². The average molecular weight is 272 g/mol. The van der Waals surface area contributed by atoms with Gasteiger partial charge in [0, 0.05) is 12.2 Å². The summed E-state index contributed by atoms with van der Waals surface area (Å²) in [5, 5.41) is 10.7. The minimum Gasteiger partial charge on any atom is -0.480 e. The first kappa shape index (κ1) is 13.9. The fraction of sp³-hybridized carbons (Fsp3) is 0.200. The molecule has 0 aliphatic rings. The van der Waals surface area contributed by atoms with Crippen LogP contribution in [0.1, 0.15) is 17.3 Å². The van der Waals surface area contributed by atoms with Gasteiger partial charge >= 0.3 is 5.97 Å². The van der Waals surface area contributed by atoms with Crippen LogP contribution in [0.15, 0.2) is 36.4 Å². The molecule has 1 amide bonds. The van der Waals surface area contributed by atoms with Crippen LogP contribution in [-0.4, -0.2) is 35.0 Å². The number of anilines is 1. The number of benzene rings is 2. The van der Waals surface area contributed by atoms with Crippen LogP contribution in [0.3, 0.4) is 0 Å². The molecule has 2 aromatic rings. The maximum absolute atomic E-state index is 12.4. The predicted octanol–water partition coefficient (Wildman–Crippen LogP) is 1.97. The Bertz CT molecular complexity index is 667. The minimum atomic E-state index is -1.04. The molecule has 0 fully saturated rings. The van der Waals surface area contributed by atoms with Crippen molar-refractivity contribution >= 4 is 28.3 Å². The highest BCUT2D eigenvalue weighted by molar-refractivity contribution is 6.04. The van der Waals surface area contributed by atoms with Crippen LogP contribution in [-0.2, 0) is 4.79 Å². The van der Waals surface area contributed by atoms with Gasteiger partial charge in [0.05, 0.1) is 5.56 Å². The number of nitrogens with two attached hydrogens (primary N) is 1. The minimum absolute atomic E-state index is 0.317. The van der Waals surface area contributed by atoms with Gasteiger partial charge in [-0.25, -0.2) is 0 Å². The Kier molecular flexibility index (Phi) is 3.89. The number of carboxylic acids is 1. The van der Waals surface area contributed by atoms with E-state index in [0.717, 1.165) is 10.8 Å². The van der Waals surface area contributed by atoms with Gasteiger partial charge in [-0.05, 0) is 29.8 Å². The van der Waals surface area contributed by atoms with E-state index in [0.29, 0.717) is 17.8 Å². The molecule has 0 aliphatic heterocycles. The molecule has 0 saturated heterocycles. The first-order chi connectivity index (χ1) is 9.52. The largest absolute Gasteiger partial charge is 0.480 e. The van der Waals surface area contributed by atoms with Crippen molar-refractivity contribution in [2.75, 3.05) is 18.8 Å². The molecule has 5 nitrogen and oxygen atoms in total. The molecule has 0 spiro atoms. The summed E-state index contributed by atoms with van der Waals surface area (Å²) in [5.74, 6) is -1.40. The summed E-state index contributed by atoms with van der Waals surface area (Å²) in [6, 6.07) is 11.0. The molecule has 0 unspecified atom stereocenters. The Morgan fingerprint density at radius 2 is 1.80 bits per heavy atom. The van der Waals surface area contributed by atoms with Crippen molar-refractivity contribution in [3.05, 3.63) is 42.0 Å². The molecule has 0 aromatic heterocycles. The third kappa shape index (κ3) is 2.71. The molecular formula is C15H16N2O3. The summed E-state index contributed by atoms with van der Waals surface area (Å²) in [7, 11) is 0.